The molecule has 0 bridgehead atoms. The number of aliphatic hydroxyl groups is 1. The van der Waals surface area contributed by atoms with Gasteiger partial charge in [0.2, 0.25) is 5.91 Å². The first-order chi connectivity index (χ1) is 9.32. The van der Waals surface area contributed by atoms with Crippen molar-refractivity contribution in [1.82, 2.24) is 15.5 Å². The number of aromatic amines is 1. The van der Waals surface area contributed by atoms with Gasteiger partial charge in [-0.05, 0) is 38.2 Å². The van der Waals surface area contributed by atoms with E-state index in [-0.39, 0.29) is 23.8 Å². The molecule has 5 heteroatoms. The van der Waals surface area contributed by atoms with Gasteiger partial charge in [0.15, 0.2) is 0 Å². The van der Waals surface area contributed by atoms with Crippen molar-refractivity contribution in [1.29, 1.82) is 0 Å². The van der Waals surface area contributed by atoms with E-state index in [9.17, 15) is 9.90 Å². The number of aryl methyl sites for hydroxylation is 2. The van der Waals surface area contributed by atoms with Crippen molar-refractivity contribution in [2.24, 2.45) is 11.8 Å². The van der Waals surface area contributed by atoms with E-state index in [1.165, 1.54) is 0 Å². The monoisotopic (exact) mass is 281 g/mol. The predicted molar refractivity (Wildman–Crippen MR) is 79.4 cm³/mol. The van der Waals surface area contributed by atoms with Crippen LogP contribution >= 0.6 is 0 Å². The summed E-state index contributed by atoms with van der Waals surface area (Å²) in [6, 6.07) is 0. The highest BCUT2D eigenvalue weighted by molar-refractivity contribution is 5.78. The van der Waals surface area contributed by atoms with Crippen LogP contribution in [-0.2, 0) is 11.2 Å². The molecule has 2 atom stereocenters. The van der Waals surface area contributed by atoms with Crippen LogP contribution in [0.15, 0.2) is 0 Å². The third kappa shape index (κ3) is 4.63. The van der Waals surface area contributed by atoms with Crippen molar-refractivity contribution >= 4 is 5.91 Å². The number of aliphatic hydroxyl groups excluding tert-OH is 1. The second-order valence-corrected chi connectivity index (χ2v) is 5.91. The van der Waals surface area contributed by atoms with Crippen LogP contribution in [0.25, 0.3) is 0 Å². The number of aromatic nitrogens is 2. The van der Waals surface area contributed by atoms with Crippen molar-refractivity contribution in [2.45, 2.75) is 53.6 Å². The number of rotatable bonds is 7. The molecule has 0 saturated carbocycles. The third-order valence-corrected chi connectivity index (χ3v) is 3.75. The van der Waals surface area contributed by atoms with Gasteiger partial charge in [0.25, 0.3) is 0 Å². The van der Waals surface area contributed by atoms with Crippen LogP contribution in [0.1, 0.15) is 44.1 Å². The van der Waals surface area contributed by atoms with Crippen molar-refractivity contribution in [3.8, 4) is 0 Å². The fourth-order valence-electron chi connectivity index (χ4n) is 2.12. The van der Waals surface area contributed by atoms with Crippen molar-refractivity contribution in [2.75, 3.05) is 6.54 Å². The topological polar surface area (TPSA) is 78.0 Å². The lowest BCUT2D eigenvalue weighted by Gasteiger charge is -2.16. The number of carbonyl (C=O) groups excluding carboxylic acids is 1. The Morgan fingerprint density at radius 2 is 2.00 bits per heavy atom. The molecule has 0 aliphatic carbocycles. The van der Waals surface area contributed by atoms with Gasteiger partial charge in [0.05, 0.1) is 11.8 Å². The van der Waals surface area contributed by atoms with Crippen LogP contribution in [0, 0.1) is 25.7 Å². The summed E-state index contributed by atoms with van der Waals surface area (Å²) in [6.45, 7) is 10.3. The van der Waals surface area contributed by atoms with Crippen molar-refractivity contribution < 1.29 is 9.90 Å². The van der Waals surface area contributed by atoms with Gasteiger partial charge in [-0.2, -0.15) is 5.10 Å². The smallest absolute Gasteiger partial charge is 0.223 e. The highest BCUT2D eigenvalue weighted by atomic mass is 16.3. The lowest BCUT2D eigenvalue weighted by molar-refractivity contribution is -0.124. The number of nitrogens with zero attached hydrogens (tertiary/aromatic N) is 1. The van der Waals surface area contributed by atoms with E-state index in [1.807, 2.05) is 34.6 Å². The fraction of sp³-hybridized carbons (Fsp3) is 0.733. The average molecular weight is 281 g/mol. The molecule has 3 N–H and O–H groups in total. The molecule has 1 amide bonds. The average Bonchev–Trinajstić information content (AvgIpc) is 2.69. The molecule has 1 rings (SSSR count). The summed E-state index contributed by atoms with van der Waals surface area (Å²) in [5.74, 6) is 0.155. The van der Waals surface area contributed by atoms with Crippen LogP contribution < -0.4 is 5.32 Å². The molecule has 0 spiro atoms. The standard InChI is InChI=1S/C15H27N3O2/c1-9(2)14(19)6-7-16-15(20)10(3)8-13-11(4)17-18-12(13)5/h9-10,14,19H,6-8H2,1-5H3,(H,16,20)(H,17,18). The Morgan fingerprint density at radius 1 is 1.35 bits per heavy atom. The Morgan fingerprint density at radius 3 is 2.50 bits per heavy atom. The first-order valence-corrected chi connectivity index (χ1v) is 7.29. The Balaban J connectivity index is 2.40. The number of H-pyrrole nitrogens is 1. The van der Waals surface area contributed by atoms with E-state index in [4.69, 9.17) is 0 Å². The molecule has 1 aromatic heterocycles. The van der Waals surface area contributed by atoms with Crippen molar-refractivity contribution in [3.63, 3.8) is 0 Å². The summed E-state index contributed by atoms with van der Waals surface area (Å²) in [5, 5.41) is 19.7. The molecule has 0 radical (unpaired) electrons. The quantitative estimate of drug-likeness (QED) is 0.712. The van der Waals surface area contributed by atoms with E-state index in [0.717, 1.165) is 17.0 Å². The third-order valence-electron chi connectivity index (χ3n) is 3.75. The molecule has 5 nitrogen and oxygen atoms in total. The minimum Gasteiger partial charge on any atom is -0.393 e. The zero-order valence-corrected chi connectivity index (χ0v) is 13.2. The zero-order valence-electron chi connectivity index (χ0n) is 13.2. The van der Waals surface area contributed by atoms with E-state index in [2.05, 4.69) is 15.5 Å². The number of nitrogens with one attached hydrogen (secondary N) is 2. The first-order valence-electron chi connectivity index (χ1n) is 7.29. The molecule has 0 aromatic carbocycles. The molecule has 0 saturated heterocycles. The van der Waals surface area contributed by atoms with Crippen LogP contribution in [0.4, 0.5) is 0 Å². The van der Waals surface area contributed by atoms with Crippen molar-refractivity contribution in [3.05, 3.63) is 17.0 Å². The molecular formula is C15H27N3O2. The lowest BCUT2D eigenvalue weighted by atomic mass is 9.98. The second-order valence-electron chi connectivity index (χ2n) is 5.91. The second kappa shape index (κ2) is 7.43. The maximum Gasteiger partial charge on any atom is 0.223 e. The Bertz CT molecular complexity index is 421. The van der Waals surface area contributed by atoms with Gasteiger partial charge >= 0.3 is 0 Å². The summed E-state index contributed by atoms with van der Waals surface area (Å²) in [4.78, 5) is 12.0. The predicted octanol–water partition coefficient (Wildman–Crippen LogP) is 1.73. The number of hydrogen-bond acceptors (Lipinski definition) is 3. The maximum absolute atomic E-state index is 12.0. The van der Waals surface area contributed by atoms with Gasteiger partial charge in [-0.3, -0.25) is 9.89 Å². The van der Waals surface area contributed by atoms with Gasteiger partial charge in [-0.1, -0.05) is 20.8 Å². The molecule has 1 aromatic rings. The Labute approximate surface area is 121 Å². The van der Waals surface area contributed by atoms with Crippen LogP contribution in [0.5, 0.6) is 0 Å². The molecule has 114 valence electrons. The molecule has 2 unspecified atom stereocenters. The molecule has 1 heterocycles. The minimum absolute atomic E-state index is 0.0287. The summed E-state index contributed by atoms with van der Waals surface area (Å²) in [5.41, 5.74) is 3.10. The van der Waals surface area contributed by atoms with Gasteiger partial charge in [-0.25, -0.2) is 0 Å². The lowest BCUT2D eigenvalue weighted by Crippen LogP contribution is -2.33. The first kappa shape index (κ1) is 16.7. The molecule has 20 heavy (non-hydrogen) atoms. The SMILES string of the molecule is Cc1n[nH]c(C)c1CC(C)C(=O)NCCC(O)C(C)C. The van der Waals surface area contributed by atoms with Crippen LogP contribution in [0.2, 0.25) is 0 Å². The summed E-state index contributed by atoms with van der Waals surface area (Å²) >= 11 is 0. The largest absolute Gasteiger partial charge is 0.393 e. The fourth-order valence-corrected chi connectivity index (χ4v) is 2.12. The Hall–Kier alpha value is -1.36. The van der Waals surface area contributed by atoms with E-state index in [1.54, 1.807) is 0 Å². The van der Waals surface area contributed by atoms with Gasteiger partial charge < -0.3 is 10.4 Å². The molecule has 0 aliphatic rings. The van der Waals surface area contributed by atoms with Crippen LogP contribution in [-0.4, -0.2) is 33.9 Å². The normalized spacial score (nSPS) is 14.3. The zero-order chi connectivity index (χ0) is 15.3. The number of hydrogen-bond donors (Lipinski definition) is 3. The van der Waals surface area contributed by atoms with E-state index >= 15 is 0 Å². The molecule has 0 aliphatic heterocycles. The number of carbonyl (C=O) groups is 1. The Kier molecular flexibility index (Phi) is 6.20. The number of amides is 1. The summed E-state index contributed by atoms with van der Waals surface area (Å²) < 4.78 is 0. The maximum atomic E-state index is 12.0. The highest BCUT2D eigenvalue weighted by Gasteiger charge is 2.17. The van der Waals surface area contributed by atoms with Gasteiger partial charge in [-0.15, -0.1) is 0 Å². The van der Waals surface area contributed by atoms with Gasteiger partial charge in [0.1, 0.15) is 0 Å². The van der Waals surface area contributed by atoms with E-state index in [0.29, 0.717) is 19.4 Å². The summed E-state index contributed by atoms with van der Waals surface area (Å²) in [7, 11) is 0. The van der Waals surface area contributed by atoms with Crippen LogP contribution in [0.3, 0.4) is 0 Å². The summed E-state index contributed by atoms with van der Waals surface area (Å²) in [6.07, 6.45) is 0.927. The van der Waals surface area contributed by atoms with E-state index < -0.39 is 0 Å². The minimum atomic E-state index is -0.357. The molecular weight excluding hydrogens is 254 g/mol. The highest BCUT2D eigenvalue weighted by Crippen LogP contribution is 2.15. The van der Waals surface area contributed by atoms with Gasteiger partial charge in [0, 0.05) is 18.2 Å². The molecule has 0 fully saturated rings.